The molecule has 1 rings (SSSR count). The third-order valence-corrected chi connectivity index (χ3v) is 3.84. The molecule has 0 bridgehead atoms. The molecular formula is C10H12BrClOS. The average molecular weight is 296 g/mol. The smallest absolute Gasteiger partial charge is 0.0547 e. The average Bonchev–Trinajstić information content (AvgIpc) is 2.16. The normalized spacial score (nSPS) is 12.9. The molecule has 0 aliphatic heterocycles. The van der Waals surface area contributed by atoms with Crippen LogP contribution in [-0.2, 0) is 5.75 Å². The Morgan fingerprint density at radius 2 is 2.29 bits per heavy atom. The van der Waals surface area contributed by atoms with Gasteiger partial charge in [-0.1, -0.05) is 40.5 Å². The van der Waals surface area contributed by atoms with Crippen molar-refractivity contribution in [2.24, 2.45) is 0 Å². The van der Waals surface area contributed by atoms with E-state index >= 15 is 0 Å². The van der Waals surface area contributed by atoms with Crippen molar-refractivity contribution in [1.82, 2.24) is 0 Å². The highest BCUT2D eigenvalue weighted by Crippen LogP contribution is 2.26. The van der Waals surface area contributed by atoms with Crippen LogP contribution in [0.15, 0.2) is 22.7 Å². The van der Waals surface area contributed by atoms with Gasteiger partial charge in [-0.2, -0.15) is 11.8 Å². The highest BCUT2D eigenvalue weighted by atomic mass is 79.9. The predicted octanol–water partition coefficient (Wildman–Crippen LogP) is 3.72. The molecule has 0 saturated carbocycles. The van der Waals surface area contributed by atoms with Gasteiger partial charge < -0.3 is 5.11 Å². The van der Waals surface area contributed by atoms with E-state index in [1.165, 1.54) is 0 Å². The number of hydrogen-bond donors (Lipinski definition) is 1. The van der Waals surface area contributed by atoms with Gasteiger partial charge in [0.25, 0.3) is 0 Å². The molecule has 0 heterocycles. The molecule has 1 atom stereocenters. The summed E-state index contributed by atoms with van der Waals surface area (Å²) >= 11 is 11.1. The third-order valence-electron chi connectivity index (χ3n) is 1.80. The molecule has 14 heavy (non-hydrogen) atoms. The molecule has 1 aromatic rings. The van der Waals surface area contributed by atoms with Crippen LogP contribution in [0.5, 0.6) is 0 Å². The first-order valence-corrected chi connectivity index (χ1v) is 6.52. The highest BCUT2D eigenvalue weighted by molar-refractivity contribution is 9.10. The summed E-state index contributed by atoms with van der Waals surface area (Å²) < 4.78 is 0.992. The van der Waals surface area contributed by atoms with Crippen LogP contribution in [0.3, 0.4) is 0 Å². The number of aliphatic hydroxyl groups is 1. The van der Waals surface area contributed by atoms with E-state index < -0.39 is 0 Å². The molecular weight excluding hydrogens is 284 g/mol. The summed E-state index contributed by atoms with van der Waals surface area (Å²) in [6.07, 6.45) is 0. The lowest BCUT2D eigenvalue weighted by atomic mass is 10.2. The van der Waals surface area contributed by atoms with Crippen molar-refractivity contribution in [2.75, 3.05) is 6.61 Å². The number of halogens is 2. The molecule has 0 fully saturated rings. The number of rotatable bonds is 4. The zero-order chi connectivity index (χ0) is 10.6. The van der Waals surface area contributed by atoms with Crippen LogP contribution in [0.4, 0.5) is 0 Å². The largest absolute Gasteiger partial charge is 0.395 e. The van der Waals surface area contributed by atoms with E-state index in [2.05, 4.69) is 15.9 Å². The molecule has 1 unspecified atom stereocenters. The van der Waals surface area contributed by atoms with Crippen LogP contribution in [0.1, 0.15) is 12.5 Å². The molecule has 0 aliphatic rings. The fourth-order valence-electron chi connectivity index (χ4n) is 0.923. The lowest BCUT2D eigenvalue weighted by molar-refractivity contribution is 0.300. The maximum absolute atomic E-state index is 8.86. The van der Waals surface area contributed by atoms with Gasteiger partial charge in [0.1, 0.15) is 0 Å². The fraction of sp³-hybridized carbons (Fsp3) is 0.400. The van der Waals surface area contributed by atoms with Crippen molar-refractivity contribution in [1.29, 1.82) is 0 Å². The minimum Gasteiger partial charge on any atom is -0.395 e. The van der Waals surface area contributed by atoms with E-state index in [4.69, 9.17) is 16.7 Å². The van der Waals surface area contributed by atoms with Crippen molar-refractivity contribution >= 4 is 39.3 Å². The van der Waals surface area contributed by atoms with Crippen molar-refractivity contribution < 1.29 is 5.11 Å². The number of thioether (sulfide) groups is 1. The minimum atomic E-state index is 0.207. The van der Waals surface area contributed by atoms with E-state index in [0.29, 0.717) is 0 Å². The topological polar surface area (TPSA) is 20.2 Å². The van der Waals surface area contributed by atoms with Crippen molar-refractivity contribution in [3.05, 3.63) is 33.3 Å². The molecule has 0 saturated heterocycles. The van der Waals surface area contributed by atoms with Crippen LogP contribution >= 0.6 is 39.3 Å². The van der Waals surface area contributed by atoms with Crippen LogP contribution in [0.25, 0.3) is 0 Å². The molecule has 0 aliphatic carbocycles. The zero-order valence-corrected chi connectivity index (χ0v) is 11.0. The maximum Gasteiger partial charge on any atom is 0.0547 e. The first-order valence-electron chi connectivity index (χ1n) is 4.30. The summed E-state index contributed by atoms with van der Waals surface area (Å²) in [7, 11) is 0. The second kappa shape index (κ2) is 6.01. The molecule has 1 N–H and O–H groups in total. The summed E-state index contributed by atoms with van der Waals surface area (Å²) in [6.45, 7) is 2.20. The first-order chi connectivity index (χ1) is 6.63. The van der Waals surface area contributed by atoms with Gasteiger partial charge in [0.15, 0.2) is 0 Å². The van der Waals surface area contributed by atoms with Crippen molar-refractivity contribution in [2.45, 2.75) is 17.9 Å². The van der Waals surface area contributed by atoms with E-state index in [1.54, 1.807) is 11.8 Å². The number of hydrogen-bond acceptors (Lipinski definition) is 2. The van der Waals surface area contributed by atoms with Gasteiger partial charge in [0.05, 0.1) is 6.61 Å². The lowest BCUT2D eigenvalue weighted by Crippen LogP contribution is -2.02. The standard InChI is InChI=1S/C10H12BrClOS/c1-7(5-13)14-6-8-2-3-9(11)4-10(8)12/h2-4,7,13H,5-6H2,1H3. The van der Waals surface area contributed by atoms with E-state index in [-0.39, 0.29) is 11.9 Å². The first kappa shape index (κ1) is 12.4. The van der Waals surface area contributed by atoms with Gasteiger partial charge in [0, 0.05) is 20.5 Å². The molecule has 4 heteroatoms. The zero-order valence-electron chi connectivity index (χ0n) is 7.84. The highest BCUT2D eigenvalue weighted by Gasteiger charge is 2.04. The van der Waals surface area contributed by atoms with E-state index in [1.807, 2.05) is 25.1 Å². The fourth-order valence-corrected chi connectivity index (χ4v) is 2.56. The van der Waals surface area contributed by atoms with Gasteiger partial charge >= 0.3 is 0 Å². The van der Waals surface area contributed by atoms with Crippen LogP contribution in [0.2, 0.25) is 5.02 Å². The van der Waals surface area contributed by atoms with Crippen LogP contribution in [-0.4, -0.2) is 17.0 Å². The Morgan fingerprint density at radius 3 is 2.86 bits per heavy atom. The quantitative estimate of drug-likeness (QED) is 0.913. The van der Waals surface area contributed by atoms with Crippen LogP contribution < -0.4 is 0 Å². The molecule has 0 amide bonds. The molecule has 0 radical (unpaired) electrons. The third kappa shape index (κ3) is 3.81. The Labute approximate surface area is 102 Å². The number of aliphatic hydroxyl groups excluding tert-OH is 1. The Kier molecular flexibility index (Phi) is 5.31. The second-order valence-corrected chi connectivity index (χ2v) is 5.79. The monoisotopic (exact) mass is 294 g/mol. The van der Waals surface area contributed by atoms with Crippen molar-refractivity contribution in [3.63, 3.8) is 0 Å². The molecule has 1 aromatic carbocycles. The Bertz CT molecular complexity index is 306. The molecule has 0 aromatic heterocycles. The summed E-state index contributed by atoms with van der Waals surface area (Å²) in [5, 5.41) is 9.90. The number of benzene rings is 1. The minimum absolute atomic E-state index is 0.207. The Morgan fingerprint density at radius 1 is 1.57 bits per heavy atom. The summed E-state index contributed by atoms with van der Waals surface area (Å²) in [6, 6.07) is 5.87. The molecule has 1 nitrogen and oxygen atoms in total. The van der Waals surface area contributed by atoms with E-state index in [0.717, 1.165) is 20.8 Å². The van der Waals surface area contributed by atoms with Gasteiger partial charge in [-0.05, 0) is 17.7 Å². The predicted molar refractivity (Wildman–Crippen MR) is 67.0 cm³/mol. The Balaban J connectivity index is 2.59. The maximum atomic E-state index is 8.86. The van der Waals surface area contributed by atoms with Crippen molar-refractivity contribution in [3.8, 4) is 0 Å². The summed E-state index contributed by atoms with van der Waals surface area (Å²) in [4.78, 5) is 0. The second-order valence-electron chi connectivity index (χ2n) is 3.04. The Hall–Kier alpha value is 0.300. The summed E-state index contributed by atoms with van der Waals surface area (Å²) in [5.74, 6) is 0.841. The van der Waals surface area contributed by atoms with Gasteiger partial charge in [0.2, 0.25) is 0 Å². The molecule has 78 valence electrons. The van der Waals surface area contributed by atoms with E-state index in [9.17, 15) is 0 Å². The lowest BCUT2D eigenvalue weighted by Gasteiger charge is -2.08. The summed E-state index contributed by atoms with van der Waals surface area (Å²) in [5.41, 5.74) is 1.11. The van der Waals surface area contributed by atoms with Crippen LogP contribution in [0, 0.1) is 0 Å². The van der Waals surface area contributed by atoms with Gasteiger partial charge in [-0.15, -0.1) is 0 Å². The van der Waals surface area contributed by atoms with Gasteiger partial charge in [-0.25, -0.2) is 0 Å². The SMILES string of the molecule is CC(CO)SCc1ccc(Br)cc1Cl. The molecule has 0 spiro atoms. The van der Waals surface area contributed by atoms with Gasteiger partial charge in [-0.3, -0.25) is 0 Å².